The lowest BCUT2D eigenvalue weighted by Crippen LogP contribution is -2.15. The van der Waals surface area contributed by atoms with Crippen LogP contribution in [0.1, 0.15) is 17.8 Å². The number of imidazole rings is 1. The fourth-order valence-electron chi connectivity index (χ4n) is 1.50. The van der Waals surface area contributed by atoms with E-state index in [0.29, 0.717) is 6.73 Å². The summed E-state index contributed by atoms with van der Waals surface area (Å²) >= 11 is 0. The molecule has 2 heterocycles. The summed E-state index contributed by atoms with van der Waals surface area (Å²) in [5.74, 6) is 0. The molecule has 78 valence electrons. The number of nitrogens with zero attached hydrogens (tertiary/aromatic N) is 2. The van der Waals surface area contributed by atoms with Crippen molar-refractivity contribution in [3.8, 4) is 0 Å². The van der Waals surface area contributed by atoms with Crippen LogP contribution in [0.3, 0.4) is 0 Å². The Morgan fingerprint density at radius 2 is 2.50 bits per heavy atom. The molecule has 4 heteroatoms. The van der Waals surface area contributed by atoms with E-state index < -0.39 is 0 Å². The van der Waals surface area contributed by atoms with Crippen molar-refractivity contribution in [2.45, 2.75) is 33.1 Å². The molecule has 1 aliphatic rings. The highest BCUT2D eigenvalue weighted by Gasteiger charge is 2.16. The van der Waals surface area contributed by atoms with Gasteiger partial charge in [-0.05, 0) is 20.3 Å². The van der Waals surface area contributed by atoms with Crippen LogP contribution in [-0.4, -0.2) is 28.9 Å². The van der Waals surface area contributed by atoms with Gasteiger partial charge in [0.15, 0.2) is 0 Å². The van der Waals surface area contributed by atoms with E-state index in [1.807, 2.05) is 17.8 Å². The first kappa shape index (κ1) is 9.68. The van der Waals surface area contributed by atoms with Gasteiger partial charge < -0.3 is 14.0 Å². The molecule has 0 aliphatic carbocycles. The molecule has 0 aromatic carbocycles. The van der Waals surface area contributed by atoms with Crippen molar-refractivity contribution < 1.29 is 9.47 Å². The van der Waals surface area contributed by atoms with Gasteiger partial charge >= 0.3 is 0 Å². The minimum absolute atomic E-state index is 0.261. The van der Waals surface area contributed by atoms with E-state index in [4.69, 9.17) is 9.47 Å². The number of rotatable bonds is 3. The van der Waals surface area contributed by atoms with Crippen LogP contribution in [0.5, 0.6) is 0 Å². The molecule has 1 saturated heterocycles. The molecule has 0 N–H and O–H groups in total. The molecule has 1 fully saturated rings. The maximum Gasteiger partial charge on any atom is 0.124 e. The van der Waals surface area contributed by atoms with Crippen LogP contribution in [0.4, 0.5) is 0 Å². The number of hydrogen-bond donors (Lipinski definition) is 0. The van der Waals surface area contributed by atoms with Crippen molar-refractivity contribution in [1.82, 2.24) is 9.55 Å². The van der Waals surface area contributed by atoms with Crippen molar-refractivity contribution in [3.05, 3.63) is 17.7 Å². The van der Waals surface area contributed by atoms with E-state index in [9.17, 15) is 0 Å². The predicted molar refractivity (Wildman–Crippen MR) is 52.0 cm³/mol. The molecule has 1 unspecified atom stereocenters. The van der Waals surface area contributed by atoms with Gasteiger partial charge in [-0.15, -0.1) is 0 Å². The van der Waals surface area contributed by atoms with E-state index in [1.54, 1.807) is 0 Å². The minimum atomic E-state index is 0.261. The predicted octanol–water partition coefficient (Wildman–Crippen LogP) is 1.26. The fraction of sp³-hybridized carbons (Fsp3) is 0.700. The Bertz CT molecular complexity index is 303. The first-order chi connectivity index (χ1) is 6.77. The Kier molecular flexibility index (Phi) is 2.84. The summed E-state index contributed by atoms with van der Waals surface area (Å²) in [6.07, 6.45) is 3.09. The second-order valence-electron chi connectivity index (χ2n) is 3.67. The van der Waals surface area contributed by atoms with Gasteiger partial charge in [0.05, 0.1) is 24.7 Å². The quantitative estimate of drug-likeness (QED) is 0.730. The maximum absolute atomic E-state index is 5.68. The fourth-order valence-corrected chi connectivity index (χ4v) is 1.50. The number of aryl methyl sites for hydroxylation is 1. The lowest BCUT2D eigenvalue weighted by molar-refractivity contribution is 0.00113. The molecule has 0 saturated carbocycles. The molecule has 1 atom stereocenters. The highest BCUT2D eigenvalue weighted by atomic mass is 16.5. The van der Waals surface area contributed by atoms with Crippen LogP contribution in [-0.2, 0) is 16.2 Å². The van der Waals surface area contributed by atoms with Crippen LogP contribution in [0, 0.1) is 13.8 Å². The average Bonchev–Trinajstić information content (AvgIpc) is 2.77. The van der Waals surface area contributed by atoms with Gasteiger partial charge in [-0.2, -0.15) is 0 Å². The normalized spacial score (nSPS) is 21.7. The van der Waals surface area contributed by atoms with Crippen molar-refractivity contribution in [2.75, 3.05) is 13.2 Å². The molecule has 4 nitrogen and oxygen atoms in total. The van der Waals surface area contributed by atoms with Gasteiger partial charge in [-0.25, -0.2) is 4.98 Å². The summed E-state index contributed by atoms with van der Waals surface area (Å²) < 4.78 is 12.9. The van der Waals surface area contributed by atoms with Gasteiger partial charge in [0, 0.05) is 12.3 Å². The monoisotopic (exact) mass is 196 g/mol. The van der Waals surface area contributed by atoms with Crippen molar-refractivity contribution in [3.63, 3.8) is 0 Å². The van der Waals surface area contributed by atoms with E-state index >= 15 is 0 Å². The molecule has 0 spiro atoms. The highest BCUT2D eigenvalue weighted by molar-refractivity contribution is 5.07. The van der Waals surface area contributed by atoms with Crippen LogP contribution in [0.15, 0.2) is 6.33 Å². The SMILES string of the molecule is Cc1ncn(COC2CCOC2)c1C. The van der Waals surface area contributed by atoms with E-state index in [1.165, 1.54) is 5.69 Å². The van der Waals surface area contributed by atoms with Crippen molar-refractivity contribution in [2.24, 2.45) is 0 Å². The summed E-state index contributed by atoms with van der Waals surface area (Å²) in [5, 5.41) is 0. The summed E-state index contributed by atoms with van der Waals surface area (Å²) in [6, 6.07) is 0. The van der Waals surface area contributed by atoms with Gasteiger partial charge in [0.25, 0.3) is 0 Å². The molecule has 1 aromatic heterocycles. The number of hydrogen-bond acceptors (Lipinski definition) is 3. The molecular weight excluding hydrogens is 180 g/mol. The third-order valence-electron chi connectivity index (χ3n) is 2.68. The summed E-state index contributed by atoms with van der Waals surface area (Å²) in [7, 11) is 0. The molecule has 0 amide bonds. The van der Waals surface area contributed by atoms with Crippen molar-refractivity contribution in [1.29, 1.82) is 0 Å². The Morgan fingerprint density at radius 1 is 1.64 bits per heavy atom. The van der Waals surface area contributed by atoms with Crippen molar-refractivity contribution >= 4 is 0 Å². The van der Waals surface area contributed by atoms with E-state index in [0.717, 1.165) is 25.3 Å². The van der Waals surface area contributed by atoms with Gasteiger partial charge in [0.2, 0.25) is 0 Å². The standard InChI is InChI=1S/C10H16N2O2/c1-8-9(2)12(6-11-8)7-14-10-3-4-13-5-10/h6,10H,3-5,7H2,1-2H3. The van der Waals surface area contributed by atoms with Crippen LogP contribution < -0.4 is 0 Å². The molecule has 2 rings (SSSR count). The van der Waals surface area contributed by atoms with Crippen LogP contribution >= 0.6 is 0 Å². The van der Waals surface area contributed by atoms with E-state index in [2.05, 4.69) is 11.9 Å². The molecule has 0 radical (unpaired) electrons. The largest absolute Gasteiger partial charge is 0.379 e. The first-order valence-corrected chi connectivity index (χ1v) is 4.95. The van der Waals surface area contributed by atoms with Gasteiger partial charge in [-0.3, -0.25) is 0 Å². The zero-order valence-electron chi connectivity index (χ0n) is 8.69. The Morgan fingerprint density at radius 3 is 3.07 bits per heavy atom. The second kappa shape index (κ2) is 4.11. The van der Waals surface area contributed by atoms with E-state index in [-0.39, 0.29) is 6.10 Å². The average molecular weight is 196 g/mol. The molecule has 14 heavy (non-hydrogen) atoms. The molecular formula is C10H16N2O2. The van der Waals surface area contributed by atoms with Gasteiger partial charge in [-0.1, -0.05) is 0 Å². The van der Waals surface area contributed by atoms with Gasteiger partial charge in [0.1, 0.15) is 6.73 Å². The third-order valence-corrected chi connectivity index (χ3v) is 2.68. The smallest absolute Gasteiger partial charge is 0.124 e. The third kappa shape index (κ3) is 1.96. The molecule has 0 bridgehead atoms. The second-order valence-corrected chi connectivity index (χ2v) is 3.67. The Balaban J connectivity index is 1.88. The Labute approximate surface area is 83.8 Å². The zero-order chi connectivity index (χ0) is 9.97. The minimum Gasteiger partial charge on any atom is -0.379 e. The highest BCUT2D eigenvalue weighted by Crippen LogP contribution is 2.10. The Hall–Kier alpha value is -0.870. The molecule has 1 aromatic rings. The number of ether oxygens (including phenoxy) is 2. The topological polar surface area (TPSA) is 36.3 Å². The maximum atomic E-state index is 5.68. The van der Waals surface area contributed by atoms with Crippen LogP contribution in [0.25, 0.3) is 0 Å². The molecule has 1 aliphatic heterocycles. The lowest BCUT2D eigenvalue weighted by Gasteiger charge is -2.11. The summed E-state index contributed by atoms with van der Waals surface area (Å²) in [6.45, 7) is 6.20. The first-order valence-electron chi connectivity index (χ1n) is 4.95. The number of aromatic nitrogens is 2. The lowest BCUT2D eigenvalue weighted by atomic mass is 10.3. The zero-order valence-corrected chi connectivity index (χ0v) is 8.69. The van der Waals surface area contributed by atoms with Crippen LogP contribution in [0.2, 0.25) is 0 Å². The summed E-state index contributed by atoms with van der Waals surface area (Å²) in [4.78, 5) is 4.21. The summed E-state index contributed by atoms with van der Waals surface area (Å²) in [5.41, 5.74) is 2.24.